The second-order valence-electron chi connectivity index (χ2n) is 6.93. The van der Waals surface area contributed by atoms with Gasteiger partial charge in [0.15, 0.2) is 11.5 Å². The van der Waals surface area contributed by atoms with Crippen molar-refractivity contribution in [1.29, 1.82) is 0 Å². The van der Waals surface area contributed by atoms with E-state index in [4.69, 9.17) is 0 Å². The maximum Gasteiger partial charge on any atom is 0.294 e. The lowest BCUT2D eigenvalue weighted by Crippen LogP contribution is -2.39. The van der Waals surface area contributed by atoms with Gasteiger partial charge in [-0.25, -0.2) is 4.98 Å². The number of pyridine rings is 1. The van der Waals surface area contributed by atoms with Crippen LogP contribution < -0.4 is 10.9 Å². The molecule has 2 aromatic heterocycles. The van der Waals surface area contributed by atoms with Crippen LogP contribution in [0.5, 0.6) is 5.75 Å². The molecule has 1 aliphatic rings. The highest BCUT2D eigenvalue weighted by Crippen LogP contribution is 2.26. The number of nitro groups is 1. The highest BCUT2D eigenvalue weighted by atomic mass is 16.6. The molecule has 1 saturated carbocycles. The number of aromatic amines is 1. The summed E-state index contributed by atoms with van der Waals surface area (Å²) in [6.07, 6.45) is 6.64. The highest BCUT2D eigenvalue weighted by Gasteiger charge is 2.25. The number of aromatic hydroxyl groups is 1. The topological polar surface area (TPSA) is 151 Å². The zero-order valence-corrected chi connectivity index (χ0v) is 15.3. The van der Waals surface area contributed by atoms with Gasteiger partial charge in [-0.3, -0.25) is 24.7 Å². The van der Waals surface area contributed by atoms with Gasteiger partial charge in [-0.05, 0) is 25.7 Å². The normalized spacial score (nSPS) is 15.8. The van der Waals surface area contributed by atoms with Gasteiger partial charge in [-0.1, -0.05) is 19.3 Å². The predicted octanol–water partition coefficient (Wildman–Crippen LogP) is 2.14. The summed E-state index contributed by atoms with van der Waals surface area (Å²) in [6.45, 7) is 1.89. The standard InChI is InChI=1S/C18H21N5O5/c1-10(11-5-3-2-4-6-11)20-17(25)14-15(24)18(26)22-16(21-14)13-9-12(23(27)28)7-8-19-13/h7-11,24H,2-6H2,1H3,(H,20,25)(H,21,22,26)/t10-/m1/s1. The van der Waals surface area contributed by atoms with E-state index in [9.17, 15) is 24.8 Å². The van der Waals surface area contributed by atoms with Crippen molar-refractivity contribution in [3.05, 3.63) is 44.5 Å². The van der Waals surface area contributed by atoms with Crippen LogP contribution >= 0.6 is 0 Å². The van der Waals surface area contributed by atoms with E-state index in [0.29, 0.717) is 5.92 Å². The third kappa shape index (κ3) is 4.16. The molecule has 1 amide bonds. The number of H-pyrrole nitrogens is 1. The molecular formula is C18H21N5O5. The molecule has 3 rings (SSSR count). The largest absolute Gasteiger partial charge is 0.501 e. The molecule has 0 radical (unpaired) electrons. The Morgan fingerprint density at radius 2 is 2.11 bits per heavy atom. The zero-order valence-electron chi connectivity index (χ0n) is 15.3. The number of aromatic nitrogens is 3. The lowest BCUT2D eigenvalue weighted by Gasteiger charge is -2.28. The minimum Gasteiger partial charge on any atom is -0.501 e. The summed E-state index contributed by atoms with van der Waals surface area (Å²) in [4.78, 5) is 45.2. The Morgan fingerprint density at radius 3 is 2.79 bits per heavy atom. The first kappa shape index (κ1) is 19.5. The lowest BCUT2D eigenvalue weighted by atomic mass is 9.84. The van der Waals surface area contributed by atoms with E-state index in [1.54, 1.807) is 0 Å². The Bertz CT molecular complexity index is 952. The summed E-state index contributed by atoms with van der Waals surface area (Å²) in [5.41, 5.74) is -1.58. The van der Waals surface area contributed by atoms with Gasteiger partial charge in [0.05, 0.1) is 4.92 Å². The first-order valence-electron chi connectivity index (χ1n) is 9.11. The van der Waals surface area contributed by atoms with Crippen molar-refractivity contribution in [1.82, 2.24) is 20.3 Å². The summed E-state index contributed by atoms with van der Waals surface area (Å²) >= 11 is 0. The van der Waals surface area contributed by atoms with E-state index < -0.39 is 27.8 Å². The quantitative estimate of drug-likeness (QED) is 0.525. The van der Waals surface area contributed by atoms with Crippen LogP contribution in [0.1, 0.15) is 49.5 Å². The Kier molecular flexibility index (Phi) is 5.67. The van der Waals surface area contributed by atoms with E-state index in [0.717, 1.165) is 31.7 Å². The van der Waals surface area contributed by atoms with Crippen molar-refractivity contribution in [2.24, 2.45) is 5.92 Å². The van der Waals surface area contributed by atoms with Gasteiger partial charge in [0, 0.05) is 24.4 Å². The van der Waals surface area contributed by atoms with Crippen LogP contribution in [0.2, 0.25) is 0 Å². The lowest BCUT2D eigenvalue weighted by molar-refractivity contribution is -0.384. The predicted molar refractivity (Wildman–Crippen MR) is 99.9 cm³/mol. The molecule has 10 nitrogen and oxygen atoms in total. The van der Waals surface area contributed by atoms with Crippen LogP contribution in [-0.4, -0.2) is 36.9 Å². The van der Waals surface area contributed by atoms with Crippen molar-refractivity contribution in [2.45, 2.75) is 45.1 Å². The number of nitrogens with zero attached hydrogens (tertiary/aromatic N) is 3. The summed E-state index contributed by atoms with van der Waals surface area (Å²) in [6, 6.07) is 2.19. The fraction of sp³-hybridized carbons (Fsp3) is 0.444. The van der Waals surface area contributed by atoms with Gasteiger partial charge in [0.2, 0.25) is 5.75 Å². The van der Waals surface area contributed by atoms with Crippen molar-refractivity contribution in [2.75, 3.05) is 0 Å². The van der Waals surface area contributed by atoms with Crippen LogP contribution in [0.15, 0.2) is 23.1 Å². The Hall–Kier alpha value is -3.30. The SMILES string of the molecule is C[C@@H](NC(=O)c1nc(-c2cc([N+](=O)[O-])ccn2)[nH]c(=O)c1O)C1CCCCC1. The molecule has 2 heterocycles. The molecule has 1 aliphatic carbocycles. The van der Waals surface area contributed by atoms with Crippen LogP contribution in [0, 0.1) is 16.0 Å². The molecule has 1 fully saturated rings. The van der Waals surface area contributed by atoms with E-state index in [2.05, 4.69) is 20.3 Å². The van der Waals surface area contributed by atoms with Gasteiger partial charge in [-0.15, -0.1) is 0 Å². The molecule has 148 valence electrons. The molecule has 3 N–H and O–H groups in total. The number of amides is 1. The molecule has 2 aromatic rings. The Labute approximate surface area is 160 Å². The van der Waals surface area contributed by atoms with E-state index in [1.165, 1.54) is 18.7 Å². The van der Waals surface area contributed by atoms with Crippen molar-refractivity contribution < 1.29 is 14.8 Å². The summed E-state index contributed by atoms with van der Waals surface area (Å²) in [5, 5.41) is 23.7. The second kappa shape index (κ2) is 8.15. The van der Waals surface area contributed by atoms with Gasteiger partial charge < -0.3 is 15.4 Å². The average Bonchev–Trinajstić information content (AvgIpc) is 2.70. The molecule has 0 saturated heterocycles. The maximum absolute atomic E-state index is 12.6. The fourth-order valence-electron chi connectivity index (χ4n) is 3.44. The van der Waals surface area contributed by atoms with E-state index >= 15 is 0 Å². The molecule has 0 bridgehead atoms. The number of nitrogens with one attached hydrogen (secondary N) is 2. The van der Waals surface area contributed by atoms with Crippen LogP contribution in [0.3, 0.4) is 0 Å². The third-order valence-electron chi connectivity index (χ3n) is 5.02. The summed E-state index contributed by atoms with van der Waals surface area (Å²) in [5.74, 6) is -1.28. The third-order valence-corrected chi connectivity index (χ3v) is 5.02. The van der Waals surface area contributed by atoms with E-state index in [1.807, 2.05) is 6.92 Å². The van der Waals surface area contributed by atoms with Crippen LogP contribution in [-0.2, 0) is 0 Å². The summed E-state index contributed by atoms with van der Waals surface area (Å²) < 4.78 is 0. The van der Waals surface area contributed by atoms with Gasteiger partial charge in [0.1, 0.15) is 5.69 Å². The van der Waals surface area contributed by atoms with Gasteiger partial charge in [0.25, 0.3) is 17.2 Å². The molecule has 28 heavy (non-hydrogen) atoms. The van der Waals surface area contributed by atoms with Crippen molar-refractivity contribution in [3.63, 3.8) is 0 Å². The smallest absolute Gasteiger partial charge is 0.294 e. The molecule has 0 aliphatic heterocycles. The molecule has 0 aromatic carbocycles. The zero-order chi connectivity index (χ0) is 20.3. The molecule has 10 heteroatoms. The van der Waals surface area contributed by atoms with Gasteiger partial charge in [-0.2, -0.15) is 0 Å². The minimum absolute atomic E-state index is 0.0145. The second-order valence-corrected chi connectivity index (χ2v) is 6.93. The number of rotatable bonds is 5. The minimum atomic E-state index is -0.922. The first-order valence-corrected chi connectivity index (χ1v) is 9.11. The fourth-order valence-corrected chi connectivity index (χ4v) is 3.44. The molecular weight excluding hydrogens is 366 g/mol. The maximum atomic E-state index is 12.6. The first-order chi connectivity index (χ1) is 13.4. The van der Waals surface area contributed by atoms with Crippen LogP contribution in [0.25, 0.3) is 11.5 Å². The van der Waals surface area contributed by atoms with E-state index in [-0.39, 0.29) is 23.2 Å². The average molecular weight is 387 g/mol. The van der Waals surface area contributed by atoms with Crippen molar-refractivity contribution in [3.8, 4) is 17.3 Å². The van der Waals surface area contributed by atoms with Crippen molar-refractivity contribution >= 4 is 11.6 Å². The number of carbonyl (C=O) groups excluding carboxylic acids is 1. The Balaban J connectivity index is 1.89. The Morgan fingerprint density at radius 1 is 1.39 bits per heavy atom. The highest BCUT2D eigenvalue weighted by molar-refractivity contribution is 5.95. The van der Waals surface area contributed by atoms with Crippen LogP contribution in [0.4, 0.5) is 5.69 Å². The molecule has 0 spiro atoms. The number of hydrogen-bond donors (Lipinski definition) is 3. The number of carbonyl (C=O) groups is 1. The molecule has 0 unspecified atom stereocenters. The monoisotopic (exact) mass is 387 g/mol. The summed E-state index contributed by atoms with van der Waals surface area (Å²) in [7, 11) is 0. The number of hydrogen-bond acceptors (Lipinski definition) is 7. The van der Waals surface area contributed by atoms with Gasteiger partial charge >= 0.3 is 0 Å². The molecule has 1 atom stereocenters.